The number of likely N-dealkylation sites (tertiary alicyclic amines) is 1. The molecule has 9 nitrogen and oxygen atoms in total. The highest BCUT2D eigenvalue weighted by atomic mass is 35.5. The fourth-order valence-corrected chi connectivity index (χ4v) is 6.09. The predicted octanol–water partition coefficient (Wildman–Crippen LogP) is 2.94. The normalized spacial score (nSPS) is 16.9. The molecule has 0 radical (unpaired) electrons. The van der Waals surface area contributed by atoms with Gasteiger partial charge in [0, 0.05) is 21.8 Å². The number of rotatable bonds is 9. The van der Waals surface area contributed by atoms with Gasteiger partial charge in [-0.05, 0) is 47.9 Å². The van der Waals surface area contributed by atoms with Crippen LogP contribution in [0.5, 0.6) is 0 Å². The van der Waals surface area contributed by atoms with Crippen molar-refractivity contribution >= 4 is 52.1 Å². The van der Waals surface area contributed by atoms with Gasteiger partial charge in [-0.1, -0.05) is 29.8 Å². The molecule has 1 aliphatic heterocycles. The molecule has 1 aromatic carbocycles. The second-order valence-electron chi connectivity index (χ2n) is 8.55. The molecule has 3 heterocycles. The Morgan fingerprint density at radius 3 is 2.76 bits per heavy atom. The summed E-state index contributed by atoms with van der Waals surface area (Å²) < 4.78 is 4.67. The zero-order valence-corrected chi connectivity index (χ0v) is 22.3. The van der Waals surface area contributed by atoms with Gasteiger partial charge in [0.2, 0.25) is 0 Å². The van der Waals surface area contributed by atoms with Crippen molar-refractivity contribution in [2.75, 3.05) is 13.7 Å². The highest BCUT2D eigenvalue weighted by Crippen LogP contribution is 2.34. The van der Waals surface area contributed by atoms with Crippen molar-refractivity contribution in [2.45, 2.75) is 44.1 Å². The molecule has 37 heavy (non-hydrogen) atoms. The third-order valence-corrected chi connectivity index (χ3v) is 8.36. The lowest BCUT2D eigenvalue weighted by Crippen LogP contribution is -2.50. The van der Waals surface area contributed by atoms with Gasteiger partial charge in [0.1, 0.15) is 5.01 Å². The molecule has 0 saturated carbocycles. The molecule has 12 heteroatoms. The molecule has 3 N–H and O–H groups in total. The lowest BCUT2D eigenvalue weighted by atomic mass is 10.1. The zero-order valence-electron chi connectivity index (χ0n) is 19.9. The molecule has 3 aromatic rings. The molecule has 0 bridgehead atoms. The Labute approximate surface area is 226 Å². The summed E-state index contributed by atoms with van der Waals surface area (Å²) in [6, 6.07) is 9.06. The van der Waals surface area contributed by atoms with E-state index in [1.807, 2.05) is 35.7 Å². The van der Waals surface area contributed by atoms with E-state index < -0.39 is 36.0 Å². The highest BCUT2D eigenvalue weighted by molar-refractivity contribution is 7.10. The number of hydrogen-bond donors (Lipinski definition) is 3. The minimum atomic E-state index is -1.93. The van der Waals surface area contributed by atoms with Crippen LogP contribution in [0.15, 0.2) is 41.1 Å². The Morgan fingerprint density at radius 1 is 1.22 bits per heavy atom. The summed E-state index contributed by atoms with van der Waals surface area (Å²) in [5, 5.41) is 28.2. The molecular weight excluding hydrogens is 538 g/mol. The maximum Gasteiger partial charge on any atom is 0.357 e. The van der Waals surface area contributed by atoms with Gasteiger partial charge in [-0.25, -0.2) is 9.78 Å². The highest BCUT2D eigenvalue weighted by Gasteiger charge is 2.39. The summed E-state index contributed by atoms with van der Waals surface area (Å²) in [7, 11) is 1.26. The summed E-state index contributed by atoms with van der Waals surface area (Å²) in [4.78, 5) is 43.7. The number of aliphatic hydroxyl groups excluding tert-OH is 2. The van der Waals surface area contributed by atoms with E-state index in [1.165, 1.54) is 34.7 Å². The van der Waals surface area contributed by atoms with Gasteiger partial charge in [-0.3, -0.25) is 9.59 Å². The third-order valence-electron chi connectivity index (χ3n) is 6.06. The number of esters is 1. The average Bonchev–Trinajstić information content (AvgIpc) is 3.67. The van der Waals surface area contributed by atoms with E-state index in [2.05, 4.69) is 15.0 Å². The number of thiophene rings is 1. The van der Waals surface area contributed by atoms with Crippen molar-refractivity contribution < 1.29 is 29.3 Å². The standard InChI is InChI=1S/C25H26ClN3O6S2/c1-35-25(34)18-13-37-23(28-18)19-7-4-8-29(19)24(33)21(31)20(30)22(32)27-11-16-10-14(12-36-16)9-15-5-2-3-6-17(15)26/h2-3,5-6,10,12-13,19-21,30-31H,4,7-9,11H2,1H3,(H,27,32)/t19-,20-,21-/m1/s1. The second kappa shape index (κ2) is 12.1. The van der Waals surface area contributed by atoms with E-state index in [-0.39, 0.29) is 12.2 Å². The Morgan fingerprint density at radius 2 is 2.00 bits per heavy atom. The Hall–Kier alpha value is -2.83. The number of methoxy groups -OCH3 is 1. The summed E-state index contributed by atoms with van der Waals surface area (Å²) >= 11 is 8.89. The number of thiazole rings is 1. The van der Waals surface area contributed by atoms with Crippen molar-refractivity contribution in [3.63, 3.8) is 0 Å². The van der Waals surface area contributed by atoms with Gasteiger partial charge in [0.15, 0.2) is 17.9 Å². The minimum Gasteiger partial charge on any atom is -0.464 e. The monoisotopic (exact) mass is 563 g/mol. The Bertz CT molecular complexity index is 1280. The zero-order chi connectivity index (χ0) is 26.5. The predicted molar refractivity (Wildman–Crippen MR) is 140 cm³/mol. The number of carbonyl (C=O) groups excluding carboxylic acids is 3. The molecule has 1 fully saturated rings. The Kier molecular flexibility index (Phi) is 8.93. The number of amides is 2. The van der Waals surface area contributed by atoms with Gasteiger partial charge < -0.3 is 25.2 Å². The largest absolute Gasteiger partial charge is 0.464 e. The van der Waals surface area contributed by atoms with Gasteiger partial charge >= 0.3 is 5.97 Å². The quantitative estimate of drug-likeness (QED) is 0.341. The molecular formula is C25H26ClN3O6S2. The van der Waals surface area contributed by atoms with Crippen LogP contribution in [0.4, 0.5) is 0 Å². The van der Waals surface area contributed by atoms with Gasteiger partial charge in [-0.15, -0.1) is 22.7 Å². The molecule has 0 aliphatic carbocycles. The number of aromatic nitrogens is 1. The molecule has 1 aliphatic rings. The number of carbonyl (C=O) groups is 3. The first-order valence-electron chi connectivity index (χ1n) is 11.6. The van der Waals surface area contributed by atoms with Crippen LogP contribution in [0.1, 0.15) is 50.4 Å². The number of aliphatic hydroxyl groups is 2. The van der Waals surface area contributed by atoms with E-state index >= 15 is 0 Å². The van der Waals surface area contributed by atoms with Crippen LogP contribution in [0.25, 0.3) is 0 Å². The molecule has 1 saturated heterocycles. The molecule has 0 spiro atoms. The third kappa shape index (κ3) is 6.36. The maximum absolute atomic E-state index is 13.0. The van der Waals surface area contributed by atoms with Crippen molar-refractivity contribution in [3.8, 4) is 0 Å². The summed E-state index contributed by atoms with van der Waals surface area (Å²) in [6.07, 6.45) is -1.97. The smallest absolute Gasteiger partial charge is 0.357 e. The van der Waals surface area contributed by atoms with Crippen molar-refractivity contribution in [3.05, 3.63) is 72.8 Å². The molecule has 196 valence electrons. The van der Waals surface area contributed by atoms with Crippen LogP contribution in [0.2, 0.25) is 5.02 Å². The first-order valence-corrected chi connectivity index (χ1v) is 13.7. The first kappa shape index (κ1) is 27.2. The number of hydrogen-bond acceptors (Lipinski definition) is 9. The van der Waals surface area contributed by atoms with Crippen molar-refractivity contribution in [1.82, 2.24) is 15.2 Å². The Balaban J connectivity index is 1.32. The lowest BCUT2D eigenvalue weighted by Gasteiger charge is -2.27. The molecule has 2 aromatic heterocycles. The van der Waals surface area contributed by atoms with Gasteiger partial charge in [0.25, 0.3) is 11.8 Å². The molecule has 2 amide bonds. The fourth-order valence-electron chi connectivity index (χ4n) is 4.13. The number of halogens is 1. The van der Waals surface area contributed by atoms with Gasteiger partial charge in [0.05, 0.1) is 19.7 Å². The van der Waals surface area contributed by atoms with E-state index in [0.29, 0.717) is 35.8 Å². The average molecular weight is 564 g/mol. The van der Waals surface area contributed by atoms with Gasteiger partial charge in [-0.2, -0.15) is 0 Å². The fraction of sp³-hybridized carbons (Fsp3) is 0.360. The lowest BCUT2D eigenvalue weighted by molar-refractivity contribution is -0.153. The van der Waals surface area contributed by atoms with E-state index in [1.54, 1.807) is 5.38 Å². The van der Waals surface area contributed by atoms with Crippen molar-refractivity contribution in [1.29, 1.82) is 0 Å². The van der Waals surface area contributed by atoms with Crippen LogP contribution < -0.4 is 5.32 Å². The summed E-state index contributed by atoms with van der Waals surface area (Å²) in [6.45, 7) is 0.483. The van der Waals surface area contributed by atoms with Crippen LogP contribution >= 0.6 is 34.3 Å². The van der Waals surface area contributed by atoms with Crippen LogP contribution in [-0.4, -0.2) is 63.7 Å². The summed E-state index contributed by atoms with van der Waals surface area (Å²) in [5.41, 5.74) is 2.18. The second-order valence-corrected chi connectivity index (χ2v) is 10.8. The van der Waals surface area contributed by atoms with E-state index in [0.717, 1.165) is 16.0 Å². The number of benzene rings is 1. The van der Waals surface area contributed by atoms with Crippen molar-refractivity contribution in [2.24, 2.45) is 0 Å². The number of nitrogens with zero attached hydrogens (tertiary/aromatic N) is 2. The van der Waals surface area contributed by atoms with Crippen LogP contribution in [0.3, 0.4) is 0 Å². The molecule has 0 unspecified atom stereocenters. The number of nitrogens with one attached hydrogen (secondary N) is 1. The maximum atomic E-state index is 13.0. The van der Waals surface area contributed by atoms with Crippen LogP contribution in [-0.2, 0) is 27.3 Å². The summed E-state index contributed by atoms with van der Waals surface area (Å²) in [5.74, 6) is -2.19. The van der Waals surface area contributed by atoms with E-state index in [4.69, 9.17) is 11.6 Å². The molecule has 4 rings (SSSR count). The number of ether oxygens (including phenoxy) is 1. The topological polar surface area (TPSA) is 129 Å². The molecule has 3 atom stereocenters. The first-order chi connectivity index (χ1) is 17.8. The minimum absolute atomic E-state index is 0.144. The van der Waals surface area contributed by atoms with Crippen LogP contribution in [0, 0.1) is 0 Å². The van der Waals surface area contributed by atoms with E-state index in [9.17, 15) is 24.6 Å². The SMILES string of the molecule is COC(=O)c1csc([C@H]2CCCN2C(=O)[C@H](O)[C@@H](O)C(=O)NCc2cc(Cc3ccccc3Cl)cs2)n1.